The summed E-state index contributed by atoms with van der Waals surface area (Å²) in [5, 5.41) is 2.87. The molecule has 0 saturated carbocycles. The summed E-state index contributed by atoms with van der Waals surface area (Å²) in [6, 6.07) is 10.2. The molecule has 2 aromatic rings. The fourth-order valence-electron chi connectivity index (χ4n) is 3.43. The molecule has 1 saturated heterocycles. The number of morpholine rings is 1. The Labute approximate surface area is 188 Å². The number of hydrogen-bond donors (Lipinski definition) is 1. The molecule has 8 nitrogen and oxygen atoms in total. The van der Waals surface area contributed by atoms with Gasteiger partial charge >= 0.3 is 0 Å². The van der Waals surface area contributed by atoms with Gasteiger partial charge in [0.1, 0.15) is 0 Å². The van der Waals surface area contributed by atoms with Crippen molar-refractivity contribution in [2.75, 3.05) is 51.4 Å². The molecule has 0 radical (unpaired) electrons. The lowest BCUT2D eigenvalue weighted by Gasteiger charge is -2.27. The van der Waals surface area contributed by atoms with E-state index >= 15 is 0 Å². The first kappa shape index (κ1) is 23.4. The van der Waals surface area contributed by atoms with Gasteiger partial charge in [-0.2, -0.15) is 0 Å². The number of para-hydroxylation sites is 1. The molecule has 0 atom stereocenters. The average molecular weight is 443 g/mol. The summed E-state index contributed by atoms with van der Waals surface area (Å²) in [6.45, 7) is 8.90. The smallest absolute Gasteiger partial charge is 0.256 e. The van der Waals surface area contributed by atoms with Gasteiger partial charge in [-0.25, -0.2) is 0 Å². The Balaban J connectivity index is 1.89. The number of rotatable bonds is 9. The van der Waals surface area contributed by atoms with E-state index in [0.717, 1.165) is 0 Å². The molecular formula is C24H30N2O6. The number of anilines is 1. The SMILES string of the molecule is CCOc1cc(C(=O)Nc2ccccc2C(=O)N2CCOCC2)cc(OCC)c1OCC. The molecule has 0 unspecified atom stereocenters. The normalized spacial score (nSPS) is 13.4. The number of carbonyl (C=O) groups is 2. The second kappa shape index (κ2) is 11.4. The summed E-state index contributed by atoms with van der Waals surface area (Å²) in [6.07, 6.45) is 0. The highest BCUT2D eigenvalue weighted by Crippen LogP contribution is 2.39. The largest absolute Gasteiger partial charge is 0.490 e. The summed E-state index contributed by atoms with van der Waals surface area (Å²) in [5.41, 5.74) is 1.22. The highest BCUT2D eigenvalue weighted by atomic mass is 16.5. The minimum atomic E-state index is -0.378. The lowest BCUT2D eigenvalue weighted by atomic mass is 10.1. The zero-order chi connectivity index (χ0) is 22.9. The van der Waals surface area contributed by atoms with Crippen molar-refractivity contribution >= 4 is 17.5 Å². The fourth-order valence-corrected chi connectivity index (χ4v) is 3.43. The van der Waals surface area contributed by atoms with E-state index in [4.69, 9.17) is 18.9 Å². The number of nitrogens with one attached hydrogen (secondary N) is 1. The summed E-state index contributed by atoms with van der Waals surface area (Å²) >= 11 is 0. The van der Waals surface area contributed by atoms with Crippen molar-refractivity contribution in [3.05, 3.63) is 47.5 Å². The molecule has 0 aliphatic carbocycles. The van der Waals surface area contributed by atoms with Crippen LogP contribution >= 0.6 is 0 Å². The van der Waals surface area contributed by atoms with Gasteiger partial charge < -0.3 is 29.2 Å². The van der Waals surface area contributed by atoms with E-state index in [1.807, 2.05) is 20.8 Å². The molecule has 1 aliphatic heterocycles. The van der Waals surface area contributed by atoms with Crippen LogP contribution < -0.4 is 19.5 Å². The van der Waals surface area contributed by atoms with E-state index in [2.05, 4.69) is 5.32 Å². The molecule has 1 fully saturated rings. The van der Waals surface area contributed by atoms with E-state index in [1.54, 1.807) is 41.3 Å². The first-order valence-electron chi connectivity index (χ1n) is 10.9. The van der Waals surface area contributed by atoms with Crippen LogP contribution in [0.4, 0.5) is 5.69 Å². The highest BCUT2D eigenvalue weighted by Gasteiger charge is 2.23. The predicted octanol–water partition coefficient (Wildman–Crippen LogP) is 3.61. The van der Waals surface area contributed by atoms with Gasteiger partial charge in [0, 0.05) is 18.7 Å². The maximum Gasteiger partial charge on any atom is 0.256 e. The molecular weight excluding hydrogens is 412 g/mol. The van der Waals surface area contributed by atoms with Gasteiger partial charge in [-0.05, 0) is 45.0 Å². The molecule has 0 spiro atoms. The molecule has 8 heteroatoms. The Morgan fingerprint density at radius 2 is 1.53 bits per heavy atom. The third-order valence-corrected chi connectivity index (χ3v) is 4.88. The monoisotopic (exact) mass is 442 g/mol. The van der Waals surface area contributed by atoms with Crippen LogP contribution in [-0.4, -0.2) is 62.8 Å². The highest BCUT2D eigenvalue weighted by molar-refractivity contribution is 6.09. The Hall–Kier alpha value is -3.26. The molecule has 0 bridgehead atoms. The van der Waals surface area contributed by atoms with E-state index in [9.17, 15) is 9.59 Å². The maximum atomic E-state index is 13.1. The van der Waals surface area contributed by atoms with Crippen LogP contribution in [-0.2, 0) is 4.74 Å². The van der Waals surface area contributed by atoms with Crippen molar-refractivity contribution in [1.82, 2.24) is 4.90 Å². The minimum absolute atomic E-state index is 0.138. The van der Waals surface area contributed by atoms with Crippen molar-refractivity contribution in [3.63, 3.8) is 0 Å². The third kappa shape index (κ3) is 5.50. The van der Waals surface area contributed by atoms with Crippen LogP contribution in [0.2, 0.25) is 0 Å². The Morgan fingerprint density at radius 3 is 2.12 bits per heavy atom. The van der Waals surface area contributed by atoms with E-state index < -0.39 is 0 Å². The number of amides is 2. The molecule has 1 aliphatic rings. The number of benzene rings is 2. The molecule has 2 amide bonds. The number of hydrogen-bond acceptors (Lipinski definition) is 6. The zero-order valence-electron chi connectivity index (χ0n) is 18.8. The second-order valence-corrected chi connectivity index (χ2v) is 7.00. The van der Waals surface area contributed by atoms with Crippen molar-refractivity contribution < 1.29 is 28.5 Å². The maximum absolute atomic E-state index is 13.1. The van der Waals surface area contributed by atoms with Crippen LogP contribution in [0.3, 0.4) is 0 Å². The standard InChI is InChI=1S/C24H30N2O6/c1-4-30-20-15-17(16-21(31-5-2)22(20)32-6-3)23(27)25-19-10-8-7-9-18(19)24(28)26-11-13-29-14-12-26/h7-10,15-16H,4-6,11-14H2,1-3H3,(H,25,27). The number of nitrogens with zero attached hydrogens (tertiary/aromatic N) is 1. The number of carbonyl (C=O) groups excluding carboxylic acids is 2. The van der Waals surface area contributed by atoms with E-state index in [0.29, 0.717) is 80.2 Å². The molecule has 1 N–H and O–H groups in total. The van der Waals surface area contributed by atoms with Crippen LogP contribution in [0.15, 0.2) is 36.4 Å². The van der Waals surface area contributed by atoms with Crippen molar-refractivity contribution in [3.8, 4) is 17.2 Å². The Bertz CT molecular complexity index is 913. The lowest BCUT2D eigenvalue weighted by Crippen LogP contribution is -2.41. The Morgan fingerprint density at radius 1 is 0.938 bits per heavy atom. The average Bonchev–Trinajstić information content (AvgIpc) is 2.81. The summed E-state index contributed by atoms with van der Waals surface area (Å²) in [4.78, 5) is 27.9. The molecule has 1 heterocycles. The van der Waals surface area contributed by atoms with Crippen LogP contribution in [0.25, 0.3) is 0 Å². The van der Waals surface area contributed by atoms with Gasteiger partial charge in [-0.3, -0.25) is 9.59 Å². The molecule has 2 aromatic carbocycles. The fraction of sp³-hybridized carbons (Fsp3) is 0.417. The molecule has 0 aromatic heterocycles. The summed E-state index contributed by atoms with van der Waals surface area (Å²) in [7, 11) is 0. The van der Waals surface area contributed by atoms with Crippen LogP contribution in [0.1, 0.15) is 41.5 Å². The third-order valence-electron chi connectivity index (χ3n) is 4.88. The topological polar surface area (TPSA) is 86.3 Å². The van der Waals surface area contributed by atoms with Gasteiger partial charge in [0.15, 0.2) is 11.5 Å². The van der Waals surface area contributed by atoms with Gasteiger partial charge in [0.2, 0.25) is 5.75 Å². The first-order valence-corrected chi connectivity index (χ1v) is 10.9. The molecule has 32 heavy (non-hydrogen) atoms. The summed E-state index contributed by atoms with van der Waals surface area (Å²) in [5.74, 6) is 0.819. The second-order valence-electron chi connectivity index (χ2n) is 7.00. The first-order chi connectivity index (χ1) is 15.6. The zero-order valence-corrected chi connectivity index (χ0v) is 18.8. The quantitative estimate of drug-likeness (QED) is 0.639. The summed E-state index contributed by atoms with van der Waals surface area (Å²) < 4.78 is 22.4. The predicted molar refractivity (Wildman–Crippen MR) is 121 cm³/mol. The van der Waals surface area contributed by atoms with Crippen molar-refractivity contribution in [2.45, 2.75) is 20.8 Å². The Kier molecular flexibility index (Phi) is 8.33. The number of ether oxygens (including phenoxy) is 4. The van der Waals surface area contributed by atoms with Crippen LogP contribution in [0, 0.1) is 0 Å². The molecule has 172 valence electrons. The van der Waals surface area contributed by atoms with Crippen LogP contribution in [0.5, 0.6) is 17.2 Å². The van der Waals surface area contributed by atoms with Gasteiger partial charge in [0.25, 0.3) is 11.8 Å². The van der Waals surface area contributed by atoms with Gasteiger partial charge in [-0.1, -0.05) is 12.1 Å². The molecule has 3 rings (SSSR count). The minimum Gasteiger partial charge on any atom is -0.490 e. The van der Waals surface area contributed by atoms with Crippen molar-refractivity contribution in [1.29, 1.82) is 0 Å². The van der Waals surface area contributed by atoms with Gasteiger partial charge in [-0.15, -0.1) is 0 Å². The van der Waals surface area contributed by atoms with E-state index in [1.165, 1.54) is 0 Å². The van der Waals surface area contributed by atoms with Gasteiger partial charge in [0.05, 0.1) is 44.3 Å². The van der Waals surface area contributed by atoms with Crippen molar-refractivity contribution in [2.24, 2.45) is 0 Å². The lowest BCUT2D eigenvalue weighted by molar-refractivity contribution is 0.0303. The van der Waals surface area contributed by atoms with E-state index in [-0.39, 0.29) is 11.8 Å².